The summed E-state index contributed by atoms with van der Waals surface area (Å²) in [5.74, 6) is 0.725. The Morgan fingerprint density at radius 3 is 2.27 bits per heavy atom. The molecule has 3 N–H and O–H groups in total. The van der Waals surface area contributed by atoms with Gasteiger partial charge in [0, 0.05) is 12.2 Å². The molecule has 0 spiro atoms. The molecule has 0 fully saturated rings. The standard InChI is InChI=1S/C18H22N2O2/c1-2-14-5-9-17(10-6-14)22-12-11-18(21)20-16-7-3-15(13-19)4-8-16/h3-10H,2,11-13,19H2,1H3,(H,20,21). The van der Waals surface area contributed by atoms with Crippen molar-refractivity contribution in [1.82, 2.24) is 0 Å². The average molecular weight is 298 g/mol. The summed E-state index contributed by atoms with van der Waals surface area (Å²) in [6, 6.07) is 15.4. The quantitative estimate of drug-likeness (QED) is 0.825. The lowest BCUT2D eigenvalue weighted by atomic mass is 10.2. The summed E-state index contributed by atoms with van der Waals surface area (Å²) < 4.78 is 5.57. The van der Waals surface area contributed by atoms with Crippen LogP contribution in [0.5, 0.6) is 5.75 Å². The van der Waals surface area contributed by atoms with E-state index in [4.69, 9.17) is 10.5 Å². The number of carbonyl (C=O) groups excluding carboxylic acids is 1. The molecule has 0 aliphatic carbocycles. The molecule has 4 nitrogen and oxygen atoms in total. The van der Waals surface area contributed by atoms with E-state index in [1.807, 2.05) is 48.5 Å². The predicted octanol–water partition coefficient (Wildman–Crippen LogP) is 3.12. The van der Waals surface area contributed by atoms with Gasteiger partial charge in [0.05, 0.1) is 13.0 Å². The molecule has 116 valence electrons. The first-order valence-electron chi connectivity index (χ1n) is 7.52. The van der Waals surface area contributed by atoms with Gasteiger partial charge in [-0.2, -0.15) is 0 Å². The summed E-state index contributed by atoms with van der Waals surface area (Å²) in [4.78, 5) is 11.8. The Morgan fingerprint density at radius 2 is 1.68 bits per heavy atom. The van der Waals surface area contributed by atoms with Crippen molar-refractivity contribution in [2.75, 3.05) is 11.9 Å². The van der Waals surface area contributed by atoms with Crippen molar-refractivity contribution in [3.8, 4) is 5.75 Å². The van der Waals surface area contributed by atoms with E-state index in [-0.39, 0.29) is 5.91 Å². The summed E-state index contributed by atoms with van der Waals surface area (Å²) in [5.41, 5.74) is 8.62. The number of carbonyl (C=O) groups is 1. The van der Waals surface area contributed by atoms with Crippen LogP contribution in [0, 0.1) is 0 Å². The van der Waals surface area contributed by atoms with Gasteiger partial charge in [0.1, 0.15) is 5.75 Å². The maximum absolute atomic E-state index is 11.8. The number of hydrogen-bond acceptors (Lipinski definition) is 3. The molecule has 0 atom stereocenters. The second-order valence-corrected chi connectivity index (χ2v) is 5.05. The Bertz CT molecular complexity index is 591. The minimum absolute atomic E-state index is 0.0642. The zero-order valence-corrected chi connectivity index (χ0v) is 12.8. The molecule has 0 aromatic heterocycles. The van der Waals surface area contributed by atoms with Gasteiger partial charge in [0.2, 0.25) is 5.91 Å². The maximum atomic E-state index is 11.8. The molecule has 0 bridgehead atoms. The van der Waals surface area contributed by atoms with E-state index >= 15 is 0 Å². The molecule has 0 aliphatic heterocycles. The Balaban J connectivity index is 1.74. The summed E-state index contributed by atoms with van der Waals surface area (Å²) >= 11 is 0. The molecule has 0 aliphatic rings. The molecular formula is C18H22N2O2. The van der Waals surface area contributed by atoms with Crippen molar-refractivity contribution in [3.63, 3.8) is 0 Å². The van der Waals surface area contributed by atoms with Crippen LogP contribution < -0.4 is 15.8 Å². The highest BCUT2D eigenvalue weighted by molar-refractivity contribution is 5.90. The molecule has 4 heteroatoms. The number of nitrogens with one attached hydrogen (secondary N) is 1. The number of aryl methyl sites for hydroxylation is 1. The number of rotatable bonds is 7. The Morgan fingerprint density at radius 1 is 1.05 bits per heavy atom. The number of benzene rings is 2. The molecule has 0 unspecified atom stereocenters. The van der Waals surface area contributed by atoms with Crippen molar-refractivity contribution in [2.45, 2.75) is 26.3 Å². The molecule has 22 heavy (non-hydrogen) atoms. The third kappa shape index (κ3) is 4.90. The van der Waals surface area contributed by atoms with Crippen molar-refractivity contribution in [3.05, 3.63) is 59.7 Å². The van der Waals surface area contributed by atoms with Gasteiger partial charge < -0.3 is 15.8 Å². The van der Waals surface area contributed by atoms with E-state index in [1.54, 1.807) is 0 Å². The summed E-state index contributed by atoms with van der Waals surface area (Å²) in [7, 11) is 0. The fourth-order valence-electron chi connectivity index (χ4n) is 2.03. The highest BCUT2D eigenvalue weighted by Crippen LogP contribution is 2.13. The lowest BCUT2D eigenvalue weighted by Gasteiger charge is -2.08. The van der Waals surface area contributed by atoms with Crippen LogP contribution >= 0.6 is 0 Å². The minimum atomic E-state index is -0.0642. The van der Waals surface area contributed by atoms with E-state index in [0.717, 1.165) is 23.4 Å². The topological polar surface area (TPSA) is 64.3 Å². The summed E-state index contributed by atoms with van der Waals surface area (Å²) in [5, 5.41) is 2.84. The lowest BCUT2D eigenvalue weighted by Crippen LogP contribution is -2.15. The van der Waals surface area contributed by atoms with Crippen molar-refractivity contribution >= 4 is 11.6 Å². The number of ether oxygens (including phenoxy) is 1. The zero-order valence-electron chi connectivity index (χ0n) is 12.8. The van der Waals surface area contributed by atoms with Gasteiger partial charge in [-0.05, 0) is 41.8 Å². The van der Waals surface area contributed by atoms with E-state index in [2.05, 4.69) is 12.2 Å². The smallest absolute Gasteiger partial charge is 0.227 e. The average Bonchev–Trinajstić information content (AvgIpc) is 2.56. The number of hydrogen-bond donors (Lipinski definition) is 2. The van der Waals surface area contributed by atoms with E-state index in [9.17, 15) is 4.79 Å². The third-order valence-electron chi connectivity index (χ3n) is 3.40. The largest absolute Gasteiger partial charge is 0.493 e. The highest BCUT2D eigenvalue weighted by atomic mass is 16.5. The zero-order chi connectivity index (χ0) is 15.8. The second kappa shape index (κ2) is 8.20. The van der Waals surface area contributed by atoms with Crippen LogP contribution in [0.3, 0.4) is 0 Å². The molecule has 0 radical (unpaired) electrons. The summed E-state index contributed by atoms with van der Waals surface area (Å²) in [6.07, 6.45) is 1.32. The van der Waals surface area contributed by atoms with E-state index in [0.29, 0.717) is 19.6 Å². The lowest BCUT2D eigenvalue weighted by molar-refractivity contribution is -0.116. The first-order chi connectivity index (χ1) is 10.7. The maximum Gasteiger partial charge on any atom is 0.227 e. The van der Waals surface area contributed by atoms with Crippen LogP contribution in [0.2, 0.25) is 0 Å². The fraction of sp³-hybridized carbons (Fsp3) is 0.278. The molecule has 2 aromatic carbocycles. The van der Waals surface area contributed by atoms with Crippen LogP contribution in [0.1, 0.15) is 24.5 Å². The second-order valence-electron chi connectivity index (χ2n) is 5.05. The van der Waals surface area contributed by atoms with Gasteiger partial charge in [-0.1, -0.05) is 31.2 Å². The first-order valence-corrected chi connectivity index (χ1v) is 7.52. The number of nitrogens with two attached hydrogens (primary N) is 1. The van der Waals surface area contributed by atoms with Gasteiger partial charge in [0.25, 0.3) is 0 Å². The SMILES string of the molecule is CCc1ccc(OCCC(=O)Nc2ccc(CN)cc2)cc1. The minimum Gasteiger partial charge on any atom is -0.493 e. The molecular weight excluding hydrogens is 276 g/mol. The van der Waals surface area contributed by atoms with Gasteiger partial charge in [-0.15, -0.1) is 0 Å². The normalized spacial score (nSPS) is 10.3. The van der Waals surface area contributed by atoms with Crippen LogP contribution in [-0.2, 0) is 17.8 Å². The van der Waals surface area contributed by atoms with Gasteiger partial charge in [-0.3, -0.25) is 4.79 Å². The summed E-state index contributed by atoms with van der Waals surface area (Å²) in [6.45, 7) is 2.97. The van der Waals surface area contributed by atoms with Crippen molar-refractivity contribution in [1.29, 1.82) is 0 Å². The fourth-order valence-corrected chi connectivity index (χ4v) is 2.03. The monoisotopic (exact) mass is 298 g/mol. The molecule has 2 rings (SSSR count). The van der Waals surface area contributed by atoms with E-state index < -0.39 is 0 Å². The van der Waals surface area contributed by atoms with Crippen LogP contribution in [0.25, 0.3) is 0 Å². The van der Waals surface area contributed by atoms with Crippen LogP contribution in [0.15, 0.2) is 48.5 Å². The molecule has 0 saturated heterocycles. The van der Waals surface area contributed by atoms with Gasteiger partial charge >= 0.3 is 0 Å². The van der Waals surface area contributed by atoms with Gasteiger partial charge in [0.15, 0.2) is 0 Å². The highest BCUT2D eigenvalue weighted by Gasteiger charge is 2.03. The number of anilines is 1. The van der Waals surface area contributed by atoms with Crippen molar-refractivity contribution < 1.29 is 9.53 Å². The molecule has 1 amide bonds. The first kappa shape index (κ1) is 16.0. The van der Waals surface area contributed by atoms with Gasteiger partial charge in [-0.25, -0.2) is 0 Å². The molecule has 0 heterocycles. The number of amides is 1. The Labute approximate surface area is 131 Å². The Hall–Kier alpha value is -2.33. The molecule has 0 saturated carbocycles. The molecule has 2 aromatic rings. The predicted molar refractivity (Wildman–Crippen MR) is 88.9 cm³/mol. The van der Waals surface area contributed by atoms with Crippen LogP contribution in [0.4, 0.5) is 5.69 Å². The third-order valence-corrected chi connectivity index (χ3v) is 3.40. The Kier molecular flexibility index (Phi) is 5.98. The van der Waals surface area contributed by atoms with Crippen molar-refractivity contribution in [2.24, 2.45) is 5.73 Å². The van der Waals surface area contributed by atoms with E-state index in [1.165, 1.54) is 5.56 Å². The van der Waals surface area contributed by atoms with Crippen LogP contribution in [-0.4, -0.2) is 12.5 Å².